The van der Waals surface area contributed by atoms with Crippen LogP contribution < -0.4 is 5.32 Å². The number of fused-ring (bicyclic) bond motifs is 1. The zero-order valence-corrected chi connectivity index (χ0v) is 18.6. The number of sulfonamides is 1. The lowest BCUT2D eigenvalue weighted by Crippen LogP contribution is -2.50. The first-order valence-corrected chi connectivity index (χ1v) is 12.1. The molecule has 1 N–H and O–H groups in total. The van der Waals surface area contributed by atoms with Gasteiger partial charge in [-0.25, -0.2) is 8.42 Å². The molecule has 7 nitrogen and oxygen atoms in total. The van der Waals surface area contributed by atoms with E-state index in [2.05, 4.69) is 5.32 Å². The molecule has 2 aromatic carbocycles. The number of rotatable bonds is 3. The first kappa shape index (κ1) is 21.2. The summed E-state index contributed by atoms with van der Waals surface area (Å²) < 4.78 is 27.1. The molecule has 0 spiro atoms. The summed E-state index contributed by atoms with van der Waals surface area (Å²) in [5, 5.41) is 2.83. The maximum Gasteiger partial charge on any atom is 0.254 e. The third kappa shape index (κ3) is 3.94. The van der Waals surface area contributed by atoms with E-state index in [1.807, 2.05) is 13.0 Å². The van der Waals surface area contributed by atoms with E-state index in [0.29, 0.717) is 11.3 Å². The highest BCUT2D eigenvalue weighted by atomic mass is 35.5. The van der Waals surface area contributed by atoms with E-state index in [1.165, 1.54) is 22.1 Å². The zero-order valence-electron chi connectivity index (χ0n) is 16.2. The minimum absolute atomic E-state index is 0.0728. The number of amides is 2. The molecule has 30 heavy (non-hydrogen) atoms. The maximum atomic E-state index is 12.9. The van der Waals surface area contributed by atoms with E-state index in [1.54, 1.807) is 35.2 Å². The largest absolute Gasteiger partial charge is 0.336 e. The van der Waals surface area contributed by atoms with E-state index in [0.717, 1.165) is 4.90 Å². The van der Waals surface area contributed by atoms with Crippen molar-refractivity contribution in [3.05, 3.63) is 53.1 Å². The fourth-order valence-electron chi connectivity index (χ4n) is 3.45. The standard InChI is InChI=1S/C20H20ClN3O4S2/c1-13-19(25)22-16-12-14(6-7-17(16)29-13)20(26)23-8-10-24(11-9-23)30(27,28)18-5-3-2-4-15(18)21/h2-7,12-13H,8-11H2,1H3,(H,22,25). The molecule has 1 saturated heterocycles. The smallest absolute Gasteiger partial charge is 0.254 e. The Morgan fingerprint density at radius 3 is 2.53 bits per heavy atom. The SMILES string of the molecule is CC1Sc2ccc(C(=O)N3CCN(S(=O)(=O)c4ccccc4Cl)CC3)cc2NC1=O. The summed E-state index contributed by atoms with van der Waals surface area (Å²) in [4.78, 5) is 27.5. The van der Waals surface area contributed by atoms with E-state index in [-0.39, 0.29) is 53.2 Å². The van der Waals surface area contributed by atoms with Gasteiger partial charge in [0, 0.05) is 36.6 Å². The lowest BCUT2D eigenvalue weighted by atomic mass is 10.1. The summed E-state index contributed by atoms with van der Waals surface area (Å²) in [6.45, 7) is 2.76. The molecule has 0 aliphatic carbocycles. The van der Waals surface area contributed by atoms with Crippen LogP contribution in [0, 0.1) is 0 Å². The van der Waals surface area contributed by atoms with Crippen LogP contribution in [0.5, 0.6) is 0 Å². The number of carbonyl (C=O) groups is 2. The summed E-state index contributed by atoms with van der Waals surface area (Å²) in [6, 6.07) is 11.6. The van der Waals surface area contributed by atoms with Crippen molar-refractivity contribution in [2.75, 3.05) is 31.5 Å². The Labute approximate surface area is 184 Å². The average Bonchev–Trinajstić information content (AvgIpc) is 2.74. The third-order valence-electron chi connectivity index (χ3n) is 5.14. The lowest BCUT2D eigenvalue weighted by molar-refractivity contribution is -0.115. The average molecular weight is 466 g/mol. The molecule has 0 aromatic heterocycles. The van der Waals surface area contributed by atoms with Gasteiger partial charge in [-0.1, -0.05) is 23.7 Å². The molecular weight excluding hydrogens is 446 g/mol. The highest BCUT2D eigenvalue weighted by Gasteiger charge is 2.32. The number of nitrogens with one attached hydrogen (secondary N) is 1. The van der Waals surface area contributed by atoms with Gasteiger partial charge in [0.15, 0.2) is 0 Å². The van der Waals surface area contributed by atoms with Gasteiger partial charge in [0.1, 0.15) is 4.90 Å². The van der Waals surface area contributed by atoms with Gasteiger partial charge >= 0.3 is 0 Å². The lowest BCUT2D eigenvalue weighted by Gasteiger charge is -2.34. The van der Waals surface area contributed by atoms with Gasteiger partial charge in [0.2, 0.25) is 15.9 Å². The number of nitrogens with zero attached hydrogens (tertiary/aromatic N) is 2. The van der Waals surface area contributed by atoms with Crippen molar-refractivity contribution in [2.24, 2.45) is 0 Å². The molecule has 2 aliphatic rings. The van der Waals surface area contributed by atoms with Crippen LogP contribution in [0.15, 0.2) is 52.3 Å². The Morgan fingerprint density at radius 2 is 1.83 bits per heavy atom. The van der Waals surface area contributed by atoms with Crippen molar-refractivity contribution in [3.63, 3.8) is 0 Å². The molecule has 10 heteroatoms. The van der Waals surface area contributed by atoms with Crippen molar-refractivity contribution >= 4 is 50.9 Å². The van der Waals surface area contributed by atoms with Gasteiger partial charge in [-0.2, -0.15) is 4.31 Å². The van der Waals surface area contributed by atoms with Gasteiger partial charge in [0.25, 0.3) is 5.91 Å². The maximum absolute atomic E-state index is 12.9. The van der Waals surface area contributed by atoms with Crippen LogP contribution in [-0.2, 0) is 14.8 Å². The predicted molar refractivity (Wildman–Crippen MR) is 117 cm³/mol. The van der Waals surface area contributed by atoms with Crippen LogP contribution in [0.2, 0.25) is 5.02 Å². The van der Waals surface area contributed by atoms with Crippen molar-refractivity contribution < 1.29 is 18.0 Å². The second-order valence-electron chi connectivity index (χ2n) is 7.09. The van der Waals surface area contributed by atoms with Gasteiger partial charge in [-0.05, 0) is 37.3 Å². The first-order chi connectivity index (χ1) is 14.3. The Hall–Kier alpha value is -2.07. The molecule has 1 fully saturated rings. The van der Waals surface area contributed by atoms with Crippen molar-refractivity contribution in [2.45, 2.75) is 22.0 Å². The molecule has 1 atom stereocenters. The Balaban J connectivity index is 1.46. The monoisotopic (exact) mass is 465 g/mol. The van der Waals surface area contributed by atoms with Crippen LogP contribution in [0.3, 0.4) is 0 Å². The van der Waals surface area contributed by atoms with Crippen LogP contribution in [0.25, 0.3) is 0 Å². The number of anilines is 1. The van der Waals surface area contributed by atoms with Gasteiger partial charge in [0.05, 0.1) is 16.0 Å². The number of hydrogen-bond acceptors (Lipinski definition) is 5. The molecule has 2 heterocycles. The summed E-state index contributed by atoms with van der Waals surface area (Å²) >= 11 is 7.52. The molecule has 0 bridgehead atoms. The molecule has 0 saturated carbocycles. The molecule has 158 valence electrons. The Bertz CT molecular complexity index is 1110. The first-order valence-electron chi connectivity index (χ1n) is 9.43. The fourth-order valence-corrected chi connectivity index (χ4v) is 6.29. The van der Waals surface area contributed by atoms with Gasteiger partial charge < -0.3 is 10.2 Å². The van der Waals surface area contributed by atoms with E-state index < -0.39 is 10.0 Å². The summed E-state index contributed by atoms with van der Waals surface area (Å²) in [5.41, 5.74) is 1.10. The van der Waals surface area contributed by atoms with Crippen LogP contribution in [-0.4, -0.2) is 60.9 Å². The molecular formula is C20H20ClN3O4S2. The second kappa shape index (κ2) is 8.22. The summed E-state index contributed by atoms with van der Waals surface area (Å²) in [5.74, 6) is -0.277. The molecule has 2 aromatic rings. The van der Waals surface area contributed by atoms with E-state index >= 15 is 0 Å². The van der Waals surface area contributed by atoms with Crippen molar-refractivity contribution in [1.82, 2.24) is 9.21 Å². The van der Waals surface area contributed by atoms with Crippen LogP contribution in [0.1, 0.15) is 17.3 Å². The van der Waals surface area contributed by atoms with Crippen molar-refractivity contribution in [1.29, 1.82) is 0 Å². The highest BCUT2D eigenvalue weighted by molar-refractivity contribution is 8.01. The Kier molecular flexibility index (Phi) is 5.80. The second-order valence-corrected chi connectivity index (χ2v) is 10.8. The minimum Gasteiger partial charge on any atom is -0.336 e. The predicted octanol–water partition coefficient (Wildman–Crippen LogP) is 2.92. The Morgan fingerprint density at radius 1 is 1.13 bits per heavy atom. The number of hydrogen-bond donors (Lipinski definition) is 1. The van der Waals surface area contributed by atoms with E-state index in [4.69, 9.17) is 11.6 Å². The number of carbonyl (C=O) groups excluding carboxylic acids is 2. The van der Waals surface area contributed by atoms with Crippen molar-refractivity contribution in [3.8, 4) is 0 Å². The van der Waals surface area contributed by atoms with Crippen LogP contribution in [0.4, 0.5) is 5.69 Å². The summed E-state index contributed by atoms with van der Waals surface area (Å²) in [6.07, 6.45) is 0. The molecule has 0 radical (unpaired) electrons. The van der Waals surface area contributed by atoms with E-state index in [9.17, 15) is 18.0 Å². The van der Waals surface area contributed by atoms with Gasteiger partial charge in [-0.15, -0.1) is 11.8 Å². The molecule has 4 rings (SSSR count). The molecule has 1 unspecified atom stereocenters. The molecule has 2 aliphatic heterocycles. The zero-order chi connectivity index (χ0) is 21.5. The number of thioether (sulfide) groups is 1. The van der Waals surface area contributed by atoms with Crippen LogP contribution >= 0.6 is 23.4 Å². The number of halogens is 1. The normalized spacial score (nSPS) is 19.9. The topological polar surface area (TPSA) is 86.8 Å². The minimum atomic E-state index is -3.72. The van der Waals surface area contributed by atoms with Gasteiger partial charge in [-0.3, -0.25) is 9.59 Å². The number of benzene rings is 2. The number of piperazine rings is 1. The summed E-state index contributed by atoms with van der Waals surface area (Å²) in [7, 11) is -3.72. The highest BCUT2D eigenvalue weighted by Crippen LogP contribution is 2.36. The molecule has 2 amide bonds. The quantitative estimate of drug-likeness (QED) is 0.753. The fraction of sp³-hybridized carbons (Fsp3) is 0.300. The third-order valence-corrected chi connectivity index (χ3v) is 8.71.